The maximum absolute atomic E-state index is 14.1. The van der Waals surface area contributed by atoms with E-state index in [0.717, 1.165) is 46.4 Å². The highest BCUT2D eigenvalue weighted by Crippen LogP contribution is 2.27. The summed E-state index contributed by atoms with van der Waals surface area (Å²) in [6, 6.07) is 21.2. The number of nitrogens with zero attached hydrogens (tertiary/aromatic N) is 2. The zero-order valence-electron chi connectivity index (χ0n) is 23.3. The topological polar surface area (TPSA) is 96.0 Å². The number of halogens is 1. The second-order valence-electron chi connectivity index (χ2n) is 10.2. The van der Waals surface area contributed by atoms with Gasteiger partial charge >= 0.3 is 0 Å². The molecule has 0 aliphatic heterocycles. The van der Waals surface area contributed by atoms with E-state index in [4.69, 9.17) is 4.74 Å². The highest BCUT2D eigenvalue weighted by atomic mass is 79.9. The van der Waals surface area contributed by atoms with Crippen LogP contribution in [0.1, 0.15) is 44.6 Å². The van der Waals surface area contributed by atoms with Crippen LogP contribution in [0.5, 0.6) is 5.75 Å². The molecule has 3 aromatic rings. The number of hydrogen-bond acceptors (Lipinski definition) is 5. The summed E-state index contributed by atoms with van der Waals surface area (Å²) in [5.74, 6) is -0.185. The first-order valence-electron chi connectivity index (χ1n) is 13.7. The molecule has 0 aromatic heterocycles. The van der Waals surface area contributed by atoms with E-state index in [0.29, 0.717) is 11.4 Å². The summed E-state index contributed by atoms with van der Waals surface area (Å²) < 4.78 is 34.9. The predicted molar refractivity (Wildman–Crippen MR) is 163 cm³/mol. The first-order valence-corrected chi connectivity index (χ1v) is 16.0. The molecule has 3 aromatic carbocycles. The Bertz CT molecular complexity index is 1430. The molecule has 41 heavy (non-hydrogen) atoms. The monoisotopic (exact) mass is 641 g/mol. The number of amides is 2. The molecule has 1 saturated carbocycles. The molecule has 0 radical (unpaired) electrons. The van der Waals surface area contributed by atoms with Gasteiger partial charge in [-0.2, -0.15) is 0 Å². The molecule has 1 aliphatic rings. The standard InChI is InChI=1S/C31H36BrN3O5S/c1-23(31(37)33-26-12-5-3-6-13-26)34(21-24-10-9-11-25(32)20-24)30(36)22-35(27-16-18-28(40-2)19-17-27)41(38,39)29-14-7-4-8-15-29/h4,7-11,14-20,23,26H,3,5-6,12-13,21-22H2,1-2H3,(H,33,37)/t23-/m0/s1. The van der Waals surface area contributed by atoms with Crippen molar-refractivity contribution >= 4 is 43.5 Å². The minimum Gasteiger partial charge on any atom is -0.497 e. The highest BCUT2D eigenvalue weighted by Gasteiger charge is 2.33. The fourth-order valence-corrected chi connectivity index (χ4v) is 6.86. The summed E-state index contributed by atoms with van der Waals surface area (Å²) in [6.07, 6.45) is 5.12. The number of hydrogen-bond donors (Lipinski definition) is 1. The van der Waals surface area contributed by atoms with Crippen molar-refractivity contribution in [1.29, 1.82) is 0 Å². The van der Waals surface area contributed by atoms with Crippen LogP contribution in [-0.4, -0.2) is 50.9 Å². The zero-order chi connectivity index (χ0) is 29.4. The minimum absolute atomic E-state index is 0.0604. The molecular formula is C31H36BrN3O5S. The zero-order valence-corrected chi connectivity index (χ0v) is 25.7. The number of ether oxygens (including phenoxy) is 1. The van der Waals surface area contributed by atoms with Gasteiger partial charge in [-0.3, -0.25) is 13.9 Å². The van der Waals surface area contributed by atoms with Crippen molar-refractivity contribution in [2.75, 3.05) is 18.0 Å². The van der Waals surface area contributed by atoms with Crippen LogP contribution < -0.4 is 14.4 Å². The van der Waals surface area contributed by atoms with Crippen LogP contribution in [0.4, 0.5) is 5.69 Å². The molecule has 1 atom stereocenters. The van der Waals surface area contributed by atoms with Gasteiger partial charge in [0.1, 0.15) is 18.3 Å². The molecule has 218 valence electrons. The van der Waals surface area contributed by atoms with Crippen LogP contribution in [0.2, 0.25) is 0 Å². The fraction of sp³-hybridized carbons (Fsp3) is 0.355. The van der Waals surface area contributed by atoms with E-state index in [9.17, 15) is 18.0 Å². The van der Waals surface area contributed by atoms with Gasteiger partial charge in [-0.05, 0) is 73.9 Å². The largest absolute Gasteiger partial charge is 0.497 e. The van der Waals surface area contributed by atoms with E-state index in [2.05, 4.69) is 21.2 Å². The van der Waals surface area contributed by atoms with E-state index >= 15 is 0 Å². The SMILES string of the molecule is COc1ccc(N(CC(=O)N(Cc2cccc(Br)c2)[C@@H](C)C(=O)NC2CCCCC2)S(=O)(=O)c2ccccc2)cc1. The van der Waals surface area contributed by atoms with Crippen molar-refractivity contribution in [3.8, 4) is 5.75 Å². The number of sulfonamides is 1. The summed E-state index contributed by atoms with van der Waals surface area (Å²) in [5, 5.41) is 3.12. The first kappa shape index (κ1) is 30.6. The van der Waals surface area contributed by atoms with Gasteiger partial charge in [0.25, 0.3) is 10.0 Å². The van der Waals surface area contributed by atoms with E-state index < -0.39 is 28.5 Å². The van der Waals surface area contributed by atoms with Crippen LogP contribution in [-0.2, 0) is 26.2 Å². The molecule has 8 nitrogen and oxygen atoms in total. The lowest BCUT2D eigenvalue weighted by atomic mass is 9.95. The maximum Gasteiger partial charge on any atom is 0.264 e. The summed E-state index contributed by atoms with van der Waals surface area (Å²) in [6.45, 7) is 1.34. The Hall–Kier alpha value is -3.37. The highest BCUT2D eigenvalue weighted by molar-refractivity contribution is 9.10. The van der Waals surface area contributed by atoms with Gasteiger partial charge in [-0.15, -0.1) is 0 Å². The third-order valence-corrected chi connectivity index (χ3v) is 9.61. The Morgan fingerprint density at radius 3 is 2.29 bits per heavy atom. The summed E-state index contributed by atoms with van der Waals surface area (Å²) in [5.41, 5.74) is 1.12. The second kappa shape index (κ2) is 14.0. The van der Waals surface area contributed by atoms with Crippen molar-refractivity contribution in [2.24, 2.45) is 0 Å². The molecule has 0 spiro atoms. The average Bonchev–Trinajstić information content (AvgIpc) is 2.99. The minimum atomic E-state index is -4.11. The Kier molecular flexibility index (Phi) is 10.4. The van der Waals surface area contributed by atoms with Gasteiger partial charge in [0.15, 0.2) is 0 Å². The van der Waals surface area contributed by atoms with Crippen LogP contribution in [0.25, 0.3) is 0 Å². The summed E-state index contributed by atoms with van der Waals surface area (Å²) >= 11 is 3.47. The van der Waals surface area contributed by atoms with E-state index in [1.165, 1.54) is 24.1 Å². The maximum atomic E-state index is 14.1. The van der Waals surface area contributed by atoms with Crippen LogP contribution in [0, 0.1) is 0 Å². The molecule has 0 unspecified atom stereocenters. The Labute approximate surface area is 250 Å². The molecule has 1 aliphatic carbocycles. The van der Waals surface area contributed by atoms with Gasteiger partial charge in [-0.1, -0.05) is 65.5 Å². The fourth-order valence-electron chi connectivity index (χ4n) is 4.98. The van der Waals surface area contributed by atoms with Crippen molar-refractivity contribution in [1.82, 2.24) is 10.2 Å². The molecule has 0 heterocycles. The van der Waals surface area contributed by atoms with Gasteiger partial charge in [0.2, 0.25) is 11.8 Å². The number of anilines is 1. The lowest BCUT2D eigenvalue weighted by molar-refractivity contribution is -0.139. The van der Waals surface area contributed by atoms with Crippen molar-refractivity contribution in [3.05, 3.63) is 88.9 Å². The summed E-state index contributed by atoms with van der Waals surface area (Å²) in [4.78, 5) is 29.0. The van der Waals surface area contributed by atoms with Crippen LogP contribution >= 0.6 is 15.9 Å². The number of rotatable bonds is 11. The van der Waals surface area contributed by atoms with E-state index in [-0.39, 0.29) is 23.4 Å². The number of methoxy groups -OCH3 is 1. The second-order valence-corrected chi connectivity index (χ2v) is 13.0. The molecule has 1 N–H and O–H groups in total. The quantitative estimate of drug-likeness (QED) is 0.297. The molecule has 0 saturated heterocycles. The molecule has 10 heteroatoms. The molecule has 0 bridgehead atoms. The molecule has 2 amide bonds. The normalized spacial score (nSPS) is 14.6. The van der Waals surface area contributed by atoms with E-state index in [1.54, 1.807) is 49.4 Å². The number of carbonyl (C=O) groups excluding carboxylic acids is 2. The third-order valence-electron chi connectivity index (χ3n) is 7.33. The molecule has 1 fully saturated rings. The van der Waals surface area contributed by atoms with Crippen molar-refractivity contribution in [2.45, 2.75) is 62.6 Å². The van der Waals surface area contributed by atoms with Crippen LogP contribution in [0.15, 0.2) is 88.2 Å². The Morgan fingerprint density at radius 1 is 0.976 bits per heavy atom. The number of carbonyl (C=O) groups is 2. The van der Waals surface area contributed by atoms with Gasteiger partial charge in [0.05, 0.1) is 17.7 Å². The number of benzene rings is 3. The smallest absolute Gasteiger partial charge is 0.264 e. The van der Waals surface area contributed by atoms with Crippen molar-refractivity contribution in [3.63, 3.8) is 0 Å². The van der Waals surface area contributed by atoms with Crippen LogP contribution in [0.3, 0.4) is 0 Å². The number of nitrogens with one attached hydrogen (secondary N) is 1. The van der Waals surface area contributed by atoms with Gasteiger partial charge in [-0.25, -0.2) is 8.42 Å². The first-order chi connectivity index (χ1) is 19.7. The predicted octanol–water partition coefficient (Wildman–Crippen LogP) is 5.52. The third kappa shape index (κ3) is 7.89. The lowest BCUT2D eigenvalue weighted by Crippen LogP contribution is -2.53. The average molecular weight is 643 g/mol. The lowest BCUT2D eigenvalue weighted by Gasteiger charge is -2.33. The van der Waals surface area contributed by atoms with E-state index in [1.807, 2.05) is 24.3 Å². The Balaban J connectivity index is 1.67. The Morgan fingerprint density at radius 2 is 1.66 bits per heavy atom. The van der Waals surface area contributed by atoms with Gasteiger partial charge < -0.3 is 15.0 Å². The molecular weight excluding hydrogens is 606 g/mol. The molecule has 4 rings (SSSR count). The summed E-state index contributed by atoms with van der Waals surface area (Å²) in [7, 11) is -2.59. The van der Waals surface area contributed by atoms with Gasteiger partial charge in [0, 0.05) is 17.1 Å². The van der Waals surface area contributed by atoms with Crippen molar-refractivity contribution < 1.29 is 22.7 Å².